The average molecular weight is 297 g/mol. The summed E-state index contributed by atoms with van der Waals surface area (Å²) in [6.45, 7) is 13.1. The van der Waals surface area contributed by atoms with Gasteiger partial charge in [0, 0.05) is 6.04 Å². The quantitative estimate of drug-likeness (QED) is 0.687. The molecule has 0 saturated carbocycles. The van der Waals surface area contributed by atoms with Gasteiger partial charge < -0.3 is 15.5 Å². The maximum Gasteiger partial charge on any atom is 0.237 e. The fourth-order valence-electron chi connectivity index (χ4n) is 3.14. The van der Waals surface area contributed by atoms with E-state index >= 15 is 0 Å². The third kappa shape index (κ3) is 6.79. The highest BCUT2D eigenvalue weighted by Gasteiger charge is 2.26. The molecule has 21 heavy (non-hydrogen) atoms. The van der Waals surface area contributed by atoms with Crippen LogP contribution in [-0.4, -0.2) is 49.1 Å². The van der Waals surface area contributed by atoms with E-state index in [0.717, 1.165) is 45.4 Å². The van der Waals surface area contributed by atoms with Crippen LogP contribution in [0.3, 0.4) is 0 Å². The number of hydrogen-bond donors (Lipinski definition) is 2. The van der Waals surface area contributed by atoms with Crippen molar-refractivity contribution in [2.45, 2.75) is 71.9 Å². The lowest BCUT2D eigenvalue weighted by Gasteiger charge is -2.30. The highest BCUT2D eigenvalue weighted by molar-refractivity contribution is 5.82. The fraction of sp³-hybridized carbons (Fsp3) is 0.941. The molecule has 0 aromatic heterocycles. The zero-order chi connectivity index (χ0) is 15.7. The van der Waals surface area contributed by atoms with Crippen LogP contribution in [0.15, 0.2) is 0 Å². The minimum absolute atomic E-state index is 0.0222. The summed E-state index contributed by atoms with van der Waals surface area (Å²) in [5, 5.41) is 6.54. The highest BCUT2D eigenvalue weighted by Crippen LogP contribution is 2.19. The van der Waals surface area contributed by atoms with Gasteiger partial charge in [-0.1, -0.05) is 27.2 Å². The Morgan fingerprint density at radius 3 is 2.67 bits per heavy atom. The number of piperidine rings is 1. The van der Waals surface area contributed by atoms with Crippen molar-refractivity contribution in [3.8, 4) is 0 Å². The molecule has 3 atom stereocenters. The second-order valence-electron chi connectivity index (χ2n) is 6.38. The molecule has 1 saturated heterocycles. The van der Waals surface area contributed by atoms with Gasteiger partial charge in [0.05, 0.1) is 6.04 Å². The summed E-state index contributed by atoms with van der Waals surface area (Å²) >= 11 is 0. The van der Waals surface area contributed by atoms with Crippen LogP contribution < -0.4 is 10.6 Å². The number of nitrogens with one attached hydrogen (secondary N) is 2. The maximum absolute atomic E-state index is 12.3. The molecule has 1 aliphatic rings. The van der Waals surface area contributed by atoms with Crippen LogP contribution in [0.1, 0.15) is 59.8 Å². The number of rotatable bonds is 9. The Morgan fingerprint density at radius 2 is 2.05 bits per heavy atom. The zero-order valence-corrected chi connectivity index (χ0v) is 14.5. The van der Waals surface area contributed by atoms with E-state index in [1.54, 1.807) is 0 Å². The fourth-order valence-corrected chi connectivity index (χ4v) is 3.14. The molecular weight excluding hydrogens is 262 g/mol. The Kier molecular flexibility index (Phi) is 8.93. The van der Waals surface area contributed by atoms with Gasteiger partial charge >= 0.3 is 0 Å². The van der Waals surface area contributed by atoms with E-state index in [-0.39, 0.29) is 18.0 Å². The number of hydrogen-bond acceptors (Lipinski definition) is 3. The maximum atomic E-state index is 12.3. The zero-order valence-electron chi connectivity index (χ0n) is 14.5. The largest absolute Gasteiger partial charge is 0.352 e. The van der Waals surface area contributed by atoms with Crippen molar-refractivity contribution in [3.05, 3.63) is 0 Å². The summed E-state index contributed by atoms with van der Waals surface area (Å²) in [6, 6.07) is 0.297. The first-order valence-corrected chi connectivity index (χ1v) is 8.86. The lowest BCUT2D eigenvalue weighted by molar-refractivity contribution is -0.124. The number of carbonyl (C=O) groups is 1. The van der Waals surface area contributed by atoms with Crippen LogP contribution in [0.4, 0.5) is 0 Å². The van der Waals surface area contributed by atoms with Gasteiger partial charge in [0.25, 0.3) is 0 Å². The van der Waals surface area contributed by atoms with Crippen molar-refractivity contribution in [2.24, 2.45) is 5.92 Å². The first kappa shape index (κ1) is 18.4. The molecule has 124 valence electrons. The normalized spacial score (nSPS) is 24.0. The number of amides is 1. The van der Waals surface area contributed by atoms with Gasteiger partial charge in [0.2, 0.25) is 5.91 Å². The number of nitrogens with zero attached hydrogens (tertiary/aromatic N) is 1. The topological polar surface area (TPSA) is 44.4 Å². The lowest BCUT2D eigenvalue weighted by atomic mass is 9.90. The van der Waals surface area contributed by atoms with Crippen LogP contribution in [0, 0.1) is 5.92 Å². The first-order valence-electron chi connectivity index (χ1n) is 8.86. The van der Waals surface area contributed by atoms with E-state index in [4.69, 9.17) is 0 Å². The van der Waals surface area contributed by atoms with Gasteiger partial charge in [0.15, 0.2) is 0 Å². The Balaban J connectivity index is 2.23. The van der Waals surface area contributed by atoms with E-state index in [2.05, 4.69) is 43.2 Å². The molecule has 0 spiro atoms. The molecule has 0 radical (unpaired) electrons. The molecule has 0 aromatic rings. The molecular formula is C17H35N3O. The van der Waals surface area contributed by atoms with Crippen LogP contribution in [-0.2, 0) is 4.79 Å². The molecule has 0 bridgehead atoms. The Morgan fingerprint density at radius 1 is 1.33 bits per heavy atom. The van der Waals surface area contributed by atoms with Gasteiger partial charge in [-0.15, -0.1) is 0 Å². The average Bonchev–Trinajstić information content (AvgIpc) is 2.51. The summed E-state index contributed by atoms with van der Waals surface area (Å²) in [5.74, 6) is 0.906. The summed E-state index contributed by atoms with van der Waals surface area (Å²) in [5.41, 5.74) is 0. The van der Waals surface area contributed by atoms with E-state index in [1.165, 1.54) is 12.8 Å². The van der Waals surface area contributed by atoms with Crippen LogP contribution in [0.25, 0.3) is 0 Å². The van der Waals surface area contributed by atoms with Gasteiger partial charge in [0.1, 0.15) is 0 Å². The van der Waals surface area contributed by atoms with Gasteiger partial charge in [-0.25, -0.2) is 0 Å². The van der Waals surface area contributed by atoms with Crippen molar-refractivity contribution in [2.75, 3.05) is 26.2 Å². The predicted molar refractivity (Wildman–Crippen MR) is 89.4 cm³/mol. The molecule has 4 nitrogen and oxygen atoms in total. The molecule has 1 aliphatic heterocycles. The monoisotopic (exact) mass is 297 g/mol. The van der Waals surface area contributed by atoms with Gasteiger partial charge in [-0.05, 0) is 64.7 Å². The third-order valence-electron chi connectivity index (χ3n) is 4.80. The molecule has 3 unspecified atom stereocenters. The summed E-state index contributed by atoms with van der Waals surface area (Å²) in [4.78, 5) is 14.7. The van der Waals surface area contributed by atoms with Crippen LogP contribution >= 0.6 is 0 Å². The SMILES string of the molecule is CCC1CCNC(C(=O)NC(C)CCCN(CC)CC)C1. The van der Waals surface area contributed by atoms with Crippen LogP contribution in [0.2, 0.25) is 0 Å². The molecule has 2 N–H and O–H groups in total. The van der Waals surface area contributed by atoms with Crippen molar-refractivity contribution in [3.63, 3.8) is 0 Å². The first-order chi connectivity index (χ1) is 10.1. The molecule has 1 amide bonds. The molecule has 0 aliphatic carbocycles. The van der Waals surface area contributed by atoms with Crippen LogP contribution in [0.5, 0.6) is 0 Å². The molecule has 1 fully saturated rings. The van der Waals surface area contributed by atoms with Crippen molar-refractivity contribution in [1.82, 2.24) is 15.5 Å². The highest BCUT2D eigenvalue weighted by atomic mass is 16.2. The third-order valence-corrected chi connectivity index (χ3v) is 4.80. The van der Waals surface area contributed by atoms with Crippen molar-refractivity contribution >= 4 is 5.91 Å². The van der Waals surface area contributed by atoms with E-state index in [9.17, 15) is 4.79 Å². The number of carbonyl (C=O) groups excluding carboxylic acids is 1. The Labute approximate surface area is 131 Å². The summed E-state index contributed by atoms with van der Waals surface area (Å²) < 4.78 is 0. The Bertz CT molecular complexity index is 292. The van der Waals surface area contributed by atoms with E-state index in [0.29, 0.717) is 5.92 Å². The molecule has 1 heterocycles. The van der Waals surface area contributed by atoms with E-state index in [1.807, 2.05) is 0 Å². The Hall–Kier alpha value is -0.610. The van der Waals surface area contributed by atoms with Gasteiger partial charge in [-0.2, -0.15) is 0 Å². The summed E-state index contributed by atoms with van der Waals surface area (Å²) in [6.07, 6.45) is 5.60. The standard InChI is InChI=1S/C17H35N3O/c1-5-15-10-11-18-16(13-15)17(21)19-14(4)9-8-12-20(6-2)7-3/h14-16,18H,5-13H2,1-4H3,(H,19,21). The smallest absolute Gasteiger partial charge is 0.237 e. The van der Waals surface area contributed by atoms with E-state index < -0.39 is 0 Å². The lowest BCUT2D eigenvalue weighted by Crippen LogP contribution is -2.50. The molecule has 4 heteroatoms. The molecule has 0 aromatic carbocycles. The van der Waals surface area contributed by atoms with Gasteiger partial charge in [-0.3, -0.25) is 4.79 Å². The predicted octanol–water partition coefficient (Wildman–Crippen LogP) is 2.39. The molecule has 1 rings (SSSR count). The minimum Gasteiger partial charge on any atom is -0.352 e. The second-order valence-corrected chi connectivity index (χ2v) is 6.38. The van der Waals surface area contributed by atoms with Crippen molar-refractivity contribution in [1.29, 1.82) is 0 Å². The second kappa shape index (κ2) is 10.2. The van der Waals surface area contributed by atoms with Crippen molar-refractivity contribution < 1.29 is 4.79 Å². The minimum atomic E-state index is 0.0222. The summed E-state index contributed by atoms with van der Waals surface area (Å²) in [7, 11) is 0.